The van der Waals surface area contributed by atoms with Crippen LogP contribution in [0.25, 0.3) is 0 Å². The van der Waals surface area contributed by atoms with Gasteiger partial charge in [0.25, 0.3) is 0 Å². The van der Waals surface area contributed by atoms with Gasteiger partial charge in [0.1, 0.15) is 6.10 Å². The topological polar surface area (TPSA) is 60.2 Å². The summed E-state index contributed by atoms with van der Waals surface area (Å²) < 4.78 is 5.97. The van der Waals surface area contributed by atoms with E-state index in [9.17, 15) is 0 Å². The smallest absolute Gasteiger partial charge is 0.104 e. The van der Waals surface area contributed by atoms with Crippen LogP contribution in [0.1, 0.15) is 34.5 Å². The highest BCUT2D eigenvalue weighted by molar-refractivity contribution is 5.34. The van der Waals surface area contributed by atoms with Crippen molar-refractivity contribution in [2.24, 2.45) is 5.84 Å². The maximum absolute atomic E-state index is 5.97. The molecule has 4 heteroatoms. The van der Waals surface area contributed by atoms with Crippen LogP contribution in [0.15, 0.2) is 42.6 Å². The molecule has 4 nitrogen and oxygen atoms in total. The average Bonchev–Trinajstić information content (AvgIpc) is 2.50. The number of nitrogens with zero attached hydrogens (tertiary/aromatic N) is 1. The molecule has 0 bridgehead atoms. The fourth-order valence-corrected chi connectivity index (χ4v) is 2.72. The zero-order valence-electron chi connectivity index (χ0n) is 11.5. The first kappa shape index (κ1) is 13.2. The molecule has 3 N–H and O–H groups in total. The second kappa shape index (κ2) is 5.71. The van der Waals surface area contributed by atoms with Gasteiger partial charge in [0.05, 0.1) is 12.6 Å². The van der Waals surface area contributed by atoms with Gasteiger partial charge in [-0.1, -0.05) is 30.3 Å². The molecule has 0 saturated heterocycles. The molecule has 3 rings (SSSR count). The summed E-state index contributed by atoms with van der Waals surface area (Å²) in [6.07, 6.45) is 2.74. The van der Waals surface area contributed by atoms with Gasteiger partial charge in [0.15, 0.2) is 0 Å². The van der Waals surface area contributed by atoms with Crippen LogP contribution in [0.3, 0.4) is 0 Å². The fraction of sp³-hybridized carbons (Fsp3) is 0.312. The molecule has 1 aromatic carbocycles. The Morgan fingerprint density at radius 3 is 2.90 bits per heavy atom. The predicted molar refractivity (Wildman–Crippen MR) is 77.9 cm³/mol. The largest absolute Gasteiger partial charge is 0.371 e. The lowest BCUT2D eigenvalue weighted by Gasteiger charge is -2.32. The van der Waals surface area contributed by atoms with Crippen LogP contribution in [-0.4, -0.2) is 11.6 Å². The van der Waals surface area contributed by atoms with E-state index >= 15 is 0 Å². The van der Waals surface area contributed by atoms with Crippen molar-refractivity contribution in [3.63, 3.8) is 0 Å². The van der Waals surface area contributed by atoms with E-state index in [-0.39, 0.29) is 12.1 Å². The van der Waals surface area contributed by atoms with Gasteiger partial charge in [-0.3, -0.25) is 10.8 Å². The third kappa shape index (κ3) is 2.45. The zero-order valence-corrected chi connectivity index (χ0v) is 11.5. The number of hydrogen-bond acceptors (Lipinski definition) is 4. The van der Waals surface area contributed by atoms with Crippen molar-refractivity contribution in [3.8, 4) is 0 Å². The molecule has 2 aromatic rings. The second-order valence-corrected chi connectivity index (χ2v) is 5.12. The molecular weight excluding hydrogens is 250 g/mol. The summed E-state index contributed by atoms with van der Waals surface area (Å²) >= 11 is 0. The number of nitrogens with one attached hydrogen (secondary N) is 1. The number of nitrogens with two attached hydrogens (primary N) is 1. The van der Waals surface area contributed by atoms with Crippen LogP contribution in [0.4, 0.5) is 0 Å². The molecule has 104 valence electrons. The van der Waals surface area contributed by atoms with Crippen LogP contribution >= 0.6 is 0 Å². The van der Waals surface area contributed by atoms with E-state index in [1.165, 1.54) is 11.1 Å². The lowest BCUT2D eigenvalue weighted by Crippen LogP contribution is -2.35. The maximum Gasteiger partial charge on any atom is 0.104 e. The standard InChI is InChI=1S/C16H19N3O/c1-11-6-7-13(10-18-11)15(19-17)16-14-5-3-2-4-12(14)8-9-20-16/h2-7,10,15-16,19H,8-9,17H2,1H3. The molecule has 0 aliphatic carbocycles. The van der Waals surface area contributed by atoms with Crippen molar-refractivity contribution in [1.29, 1.82) is 0 Å². The molecule has 2 unspecified atom stereocenters. The minimum absolute atomic E-state index is 0.0746. The van der Waals surface area contributed by atoms with Crippen molar-refractivity contribution in [2.75, 3.05) is 6.61 Å². The molecule has 0 spiro atoms. The van der Waals surface area contributed by atoms with Gasteiger partial charge < -0.3 is 4.74 Å². The number of fused-ring (bicyclic) bond motifs is 1. The average molecular weight is 269 g/mol. The van der Waals surface area contributed by atoms with E-state index in [1.54, 1.807) is 0 Å². The molecule has 1 aliphatic heterocycles. The van der Waals surface area contributed by atoms with Crippen molar-refractivity contribution in [3.05, 3.63) is 65.0 Å². The van der Waals surface area contributed by atoms with E-state index in [0.29, 0.717) is 0 Å². The zero-order chi connectivity index (χ0) is 13.9. The number of hydrogen-bond donors (Lipinski definition) is 2. The van der Waals surface area contributed by atoms with Crippen LogP contribution < -0.4 is 11.3 Å². The summed E-state index contributed by atoms with van der Waals surface area (Å²) in [6, 6.07) is 12.3. The number of hydrazine groups is 1. The highest BCUT2D eigenvalue weighted by Gasteiger charge is 2.29. The highest BCUT2D eigenvalue weighted by atomic mass is 16.5. The van der Waals surface area contributed by atoms with Crippen LogP contribution in [0.5, 0.6) is 0 Å². The third-order valence-electron chi connectivity index (χ3n) is 3.81. The molecule has 0 saturated carbocycles. The SMILES string of the molecule is Cc1ccc(C(NN)C2OCCc3ccccc32)cn1. The maximum atomic E-state index is 5.97. The Kier molecular flexibility index (Phi) is 3.78. The van der Waals surface area contributed by atoms with E-state index in [4.69, 9.17) is 10.6 Å². The molecular formula is C16H19N3O. The minimum atomic E-state index is -0.0930. The Balaban J connectivity index is 1.96. The second-order valence-electron chi connectivity index (χ2n) is 5.12. The number of aromatic nitrogens is 1. The molecule has 2 atom stereocenters. The van der Waals surface area contributed by atoms with Crippen molar-refractivity contribution < 1.29 is 4.74 Å². The molecule has 0 radical (unpaired) electrons. The van der Waals surface area contributed by atoms with E-state index < -0.39 is 0 Å². The van der Waals surface area contributed by atoms with Gasteiger partial charge in [0, 0.05) is 11.9 Å². The Labute approximate surface area is 119 Å². The third-order valence-corrected chi connectivity index (χ3v) is 3.81. The van der Waals surface area contributed by atoms with Gasteiger partial charge in [-0.2, -0.15) is 0 Å². The molecule has 1 aliphatic rings. The monoisotopic (exact) mass is 269 g/mol. The first-order valence-corrected chi connectivity index (χ1v) is 6.87. The molecule has 1 aromatic heterocycles. The quantitative estimate of drug-likeness (QED) is 0.662. The number of aryl methyl sites for hydroxylation is 1. The van der Waals surface area contributed by atoms with Gasteiger partial charge in [-0.05, 0) is 36.1 Å². The summed E-state index contributed by atoms with van der Waals surface area (Å²) in [5, 5.41) is 0. The number of benzene rings is 1. The van der Waals surface area contributed by atoms with E-state index in [0.717, 1.165) is 24.3 Å². The van der Waals surface area contributed by atoms with Crippen molar-refractivity contribution >= 4 is 0 Å². The summed E-state index contributed by atoms with van der Waals surface area (Å²) in [6.45, 7) is 2.69. The van der Waals surface area contributed by atoms with Crippen molar-refractivity contribution in [2.45, 2.75) is 25.5 Å². The summed E-state index contributed by atoms with van der Waals surface area (Å²) in [7, 11) is 0. The predicted octanol–water partition coefficient (Wildman–Crippen LogP) is 2.21. The Morgan fingerprint density at radius 1 is 1.30 bits per heavy atom. The lowest BCUT2D eigenvalue weighted by molar-refractivity contribution is 0.0146. The Bertz CT molecular complexity index is 583. The number of pyridine rings is 1. The van der Waals surface area contributed by atoms with Crippen LogP contribution in [-0.2, 0) is 11.2 Å². The van der Waals surface area contributed by atoms with Gasteiger partial charge in [-0.15, -0.1) is 0 Å². The van der Waals surface area contributed by atoms with Gasteiger partial charge in [0.2, 0.25) is 0 Å². The lowest BCUT2D eigenvalue weighted by atomic mass is 9.90. The summed E-state index contributed by atoms with van der Waals surface area (Å²) in [5.41, 5.74) is 7.47. The van der Waals surface area contributed by atoms with Gasteiger partial charge >= 0.3 is 0 Å². The van der Waals surface area contributed by atoms with Gasteiger partial charge in [-0.25, -0.2) is 5.43 Å². The first-order valence-electron chi connectivity index (χ1n) is 6.87. The van der Waals surface area contributed by atoms with E-state index in [2.05, 4.69) is 28.6 Å². The number of rotatable bonds is 3. The fourth-order valence-electron chi connectivity index (χ4n) is 2.72. The van der Waals surface area contributed by atoms with Crippen LogP contribution in [0, 0.1) is 6.92 Å². The molecule has 2 heterocycles. The Morgan fingerprint density at radius 2 is 2.15 bits per heavy atom. The van der Waals surface area contributed by atoms with Crippen molar-refractivity contribution in [1.82, 2.24) is 10.4 Å². The first-order chi connectivity index (χ1) is 9.79. The molecule has 20 heavy (non-hydrogen) atoms. The van der Waals surface area contributed by atoms with E-state index in [1.807, 2.05) is 31.3 Å². The number of ether oxygens (including phenoxy) is 1. The summed E-state index contributed by atoms with van der Waals surface area (Å²) in [5.74, 6) is 5.77. The normalized spacial score (nSPS) is 19.4. The minimum Gasteiger partial charge on any atom is -0.371 e. The summed E-state index contributed by atoms with van der Waals surface area (Å²) in [4.78, 5) is 4.35. The molecule has 0 fully saturated rings. The van der Waals surface area contributed by atoms with Crippen LogP contribution in [0.2, 0.25) is 0 Å². The Hall–Kier alpha value is -1.75. The highest BCUT2D eigenvalue weighted by Crippen LogP contribution is 2.36. The molecule has 0 amide bonds.